The molecular weight excluding hydrogens is 259 g/mol. The van der Waals surface area contributed by atoms with Crippen molar-refractivity contribution in [1.82, 2.24) is 0 Å². The summed E-state index contributed by atoms with van der Waals surface area (Å²) in [5.41, 5.74) is -0.886. The van der Waals surface area contributed by atoms with Crippen molar-refractivity contribution < 1.29 is 23.1 Å². The zero-order valence-electron chi connectivity index (χ0n) is 8.68. The van der Waals surface area contributed by atoms with Crippen molar-refractivity contribution in [2.24, 2.45) is 0 Å². The first-order chi connectivity index (χ1) is 7.71. The Labute approximate surface area is 100 Å². The summed E-state index contributed by atoms with van der Waals surface area (Å²) in [5.74, 6) is -0.744. The second-order valence-electron chi connectivity index (χ2n) is 3.36. The van der Waals surface area contributed by atoms with Crippen LogP contribution in [0.2, 0.25) is 5.02 Å². The zero-order chi connectivity index (χ0) is 13.2. The molecule has 1 aromatic carbocycles. The minimum atomic E-state index is -4.49. The highest BCUT2D eigenvalue weighted by atomic mass is 35.5. The quantitative estimate of drug-likeness (QED) is 0.865. The summed E-state index contributed by atoms with van der Waals surface area (Å²) in [6, 6.07) is 2.54. The Bertz CT molecular complexity index is 432. The van der Waals surface area contributed by atoms with E-state index in [-0.39, 0.29) is 10.7 Å². The van der Waals surface area contributed by atoms with Gasteiger partial charge >= 0.3 is 6.18 Å². The average Bonchev–Trinajstić information content (AvgIpc) is 2.19. The van der Waals surface area contributed by atoms with Crippen LogP contribution in [-0.4, -0.2) is 17.1 Å². The highest BCUT2D eigenvalue weighted by Crippen LogP contribution is 2.33. The van der Waals surface area contributed by atoms with Crippen LogP contribution in [-0.2, 0) is 11.0 Å². The number of anilines is 1. The number of carbonyl (C=O) groups excluding carboxylic acids is 1. The van der Waals surface area contributed by atoms with Crippen LogP contribution in [0.5, 0.6) is 0 Å². The van der Waals surface area contributed by atoms with Crippen LogP contribution in [0.1, 0.15) is 12.5 Å². The van der Waals surface area contributed by atoms with E-state index < -0.39 is 23.8 Å². The van der Waals surface area contributed by atoms with Crippen molar-refractivity contribution in [3.05, 3.63) is 28.8 Å². The summed E-state index contributed by atoms with van der Waals surface area (Å²) in [7, 11) is 0. The number of aliphatic hydroxyl groups is 1. The van der Waals surface area contributed by atoms with Crippen molar-refractivity contribution in [2.75, 3.05) is 5.32 Å². The highest BCUT2D eigenvalue weighted by molar-refractivity contribution is 6.33. The summed E-state index contributed by atoms with van der Waals surface area (Å²) < 4.78 is 36.9. The Morgan fingerprint density at radius 1 is 1.47 bits per heavy atom. The van der Waals surface area contributed by atoms with Gasteiger partial charge in [0.05, 0.1) is 16.3 Å². The number of carbonyl (C=O) groups is 1. The summed E-state index contributed by atoms with van der Waals surface area (Å²) in [6.45, 7) is 1.23. The zero-order valence-corrected chi connectivity index (χ0v) is 9.43. The molecule has 0 aliphatic rings. The van der Waals surface area contributed by atoms with E-state index in [9.17, 15) is 18.0 Å². The Kier molecular flexibility index (Phi) is 4.00. The van der Waals surface area contributed by atoms with Crippen LogP contribution < -0.4 is 5.32 Å². The first-order valence-electron chi connectivity index (χ1n) is 4.57. The molecule has 2 N–H and O–H groups in total. The fourth-order valence-electron chi connectivity index (χ4n) is 1.03. The van der Waals surface area contributed by atoms with Crippen molar-refractivity contribution in [1.29, 1.82) is 0 Å². The Balaban J connectivity index is 2.95. The number of hydrogen-bond acceptors (Lipinski definition) is 2. The molecule has 1 aromatic rings. The van der Waals surface area contributed by atoms with E-state index >= 15 is 0 Å². The molecule has 1 unspecified atom stereocenters. The topological polar surface area (TPSA) is 49.3 Å². The smallest absolute Gasteiger partial charge is 0.384 e. The van der Waals surface area contributed by atoms with Crippen LogP contribution in [0.3, 0.4) is 0 Å². The van der Waals surface area contributed by atoms with E-state index in [2.05, 4.69) is 5.32 Å². The van der Waals surface area contributed by atoms with Gasteiger partial charge in [0.2, 0.25) is 0 Å². The lowest BCUT2D eigenvalue weighted by atomic mass is 10.2. The lowest BCUT2D eigenvalue weighted by molar-refractivity contribution is -0.137. The van der Waals surface area contributed by atoms with Gasteiger partial charge in [0, 0.05) is 0 Å². The molecule has 1 atom stereocenters. The number of benzene rings is 1. The first kappa shape index (κ1) is 13.8. The van der Waals surface area contributed by atoms with Gasteiger partial charge in [0.15, 0.2) is 0 Å². The van der Waals surface area contributed by atoms with E-state index in [4.69, 9.17) is 16.7 Å². The number of amides is 1. The number of rotatable bonds is 2. The van der Waals surface area contributed by atoms with Gasteiger partial charge in [-0.3, -0.25) is 4.79 Å². The third kappa shape index (κ3) is 3.61. The molecule has 0 fully saturated rings. The molecule has 94 valence electrons. The van der Waals surface area contributed by atoms with Crippen LogP contribution >= 0.6 is 11.6 Å². The standard InChI is InChI=1S/C10H9ClF3NO2/c1-5(16)9(17)15-8-3-2-6(4-7(8)11)10(12,13)14/h2-5,16H,1H3,(H,15,17). The molecule has 0 heterocycles. The monoisotopic (exact) mass is 267 g/mol. The van der Waals surface area contributed by atoms with Crippen LogP contribution in [0.15, 0.2) is 18.2 Å². The van der Waals surface area contributed by atoms with E-state index in [0.29, 0.717) is 6.07 Å². The molecule has 0 aliphatic carbocycles. The minimum Gasteiger partial charge on any atom is -0.384 e. The molecular formula is C10H9ClF3NO2. The lowest BCUT2D eigenvalue weighted by Crippen LogP contribution is -2.24. The molecule has 0 aromatic heterocycles. The van der Waals surface area contributed by atoms with Gasteiger partial charge in [-0.25, -0.2) is 0 Å². The Hall–Kier alpha value is -1.27. The lowest BCUT2D eigenvalue weighted by Gasteiger charge is -2.11. The van der Waals surface area contributed by atoms with Gasteiger partial charge in [0.25, 0.3) is 5.91 Å². The predicted molar refractivity (Wildman–Crippen MR) is 56.8 cm³/mol. The molecule has 0 saturated heterocycles. The minimum absolute atomic E-state index is 0.0190. The first-order valence-corrected chi connectivity index (χ1v) is 4.95. The fourth-order valence-corrected chi connectivity index (χ4v) is 1.26. The third-order valence-electron chi connectivity index (χ3n) is 1.93. The van der Waals surface area contributed by atoms with Crippen molar-refractivity contribution >= 4 is 23.2 Å². The summed E-state index contributed by atoms with van der Waals surface area (Å²) in [5, 5.41) is 10.9. The van der Waals surface area contributed by atoms with Gasteiger partial charge in [-0.1, -0.05) is 11.6 Å². The van der Waals surface area contributed by atoms with Gasteiger partial charge in [-0.15, -0.1) is 0 Å². The molecule has 0 saturated carbocycles. The molecule has 3 nitrogen and oxygen atoms in total. The molecule has 0 aliphatic heterocycles. The molecule has 7 heteroatoms. The molecule has 0 bridgehead atoms. The van der Waals surface area contributed by atoms with Crippen LogP contribution in [0.4, 0.5) is 18.9 Å². The van der Waals surface area contributed by atoms with Gasteiger partial charge in [0.1, 0.15) is 6.10 Å². The van der Waals surface area contributed by atoms with Crippen LogP contribution in [0.25, 0.3) is 0 Å². The van der Waals surface area contributed by atoms with Crippen molar-refractivity contribution in [2.45, 2.75) is 19.2 Å². The second-order valence-corrected chi connectivity index (χ2v) is 3.76. The normalized spacial score (nSPS) is 13.3. The average molecular weight is 268 g/mol. The molecule has 17 heavy (non-hydrogen) atoms. The maximum Gasteiger partial charge on any atom is 0.416 e. The van der Waals surface area contributed by atoms with E-state index in [1.807, 2.05) is 0 Å². The molecule has 0 radical (unpaired) electrons. The largest absolute Gasteiger partial charge is 0.416 e. The SMILES string of the molecule is CC(O)C(=O)Nc1ccc(C(F)(F)F)cc1Cl. The number of alkyl halides is 3. The number of hydrogen-bond donors (Lipinski definition) is 2. The molecule has 0 spiro atoms. The van der Waals surface area contributed by atoms with E-state index in [0.717, 1.165) is 12.1 Å². The second kappa shape index (κ2) is 4.93. The maximum absolute atomic E-state index is 12.3. The van der Waals surface area contributed by atoms with E-state index in [1.54, 1.807) is 0 Å². The Morgan fingerprint density at radius 2 is 2.06 bits per heavy atom. The maximum atomic E-state index is 12.3. The molecule has 1 rings (SSSR count). The number of nitrogens with one attached hydrogen (secondary N) is 1. The van der Waals surface area contributed by atoms with Gasteiger partial charge in [-0.05, 0) is 25.1 Å². The van der Waals surface area contributed by atoms with Crippen molar-refractivity contribution in [3.63, 3.8) is 0 Å². The molecule has 1 amide bonds. The number of aliphatic hydroxyl groups excluding tert-OH is 1. The summed E-state index contributed by atoms with van der Waals surface area (Å²) in [6.07, 6.45) is -5.76. The van der Waals surface area contributed by atoms with E-state index in [1.165, 1.54) is 6.92 Å². The number of halogens is 4. The van der Waals surface area contributed by atoms with Crippen molar-refractivity contribution in [3.8, 4) is 0 Å². The summed E-state index contributed by atoms with van der Waals surface area (Å²) in [4.78, 5) is 11.1. The fraction of sp³-hybridized carbons (Fsp3) is 0.300. The van der Waals surface area contributed by atoms with Gasteiger partial charge < -0.3 is 10.4 Å². The summed E-state index contributed by atoms with van der Waals surface area (Å²) >= 11 is 5.59. The van der Waals surface area contributed by atoms with Crippen LogP contribution in [0, 0.1) is 0 Å². The Morgan fingerprint density at radius 3 is 2.47 bits per heavy atom. The third-order valence-corrected chi connectivity index (χ3v) is 2.25. The van der Waals surface area contributed by atoms with Gasteiger partial charge in [-0.2, -0.15) is 13.2 Å². The highest BCUT2D eigenvalue weighted by Gasteiger charge is 2.31. The predicted octanol–water partition coefficient (Wildman–Crippen LogP) is 2.68.